The maximum Gasteiger partial charge on any atom is 0.253 e. The minimum absolute atomic E-state index is 0.0351. The van der Waals surface area contributed by atoms with Crippen molar-refractivity contribution in [1.29, 1.82) is 0 Å². The number of nitrogens with one attached hydrogen (secondary N) is 2. The Morgan fingerprint density at radius 3 is 2.39 bits per heavy atom. The molecule has 1 heterocycles. The molecule has 1 atom stereocenters. The van der Waals surface area contributed by atoms with Crippen LogP contribution in [-0.2, 0) is 9.59 Å². The summed E-state index contributed by atoms with van der Waals surface area (Å²) in [5.74, 6) is -0.599. The van der Waals surface area contributed by atoms with Gasteiger partial charge in [0.15, 0.2) is 0 Å². The summed E-state index contributed by atoms with van der Waals surface area (Å²) in [5.41, 5.74) is 4.00. The summed E-state index contributed by atoms with van der Waals surface area (Å²) in [5, 5.41) is 5.86. The molecule has 2 aromatic carbocycles. The van der Waals surface area contributed by atoms with E-state index >= 15 is 0 Å². The number of amides is 3. The lowest BCUT2D eigenvalue weighted by molar-refractivity contribution is -0.121. The molecule has 0 aromatic heterocycles. The topological polar surface area (TPSA) is 78.5 Å². The fourth-order valence-electron chi connectivity index (χ4n) is 3.61. The van der Waals surface area contributed by atoms with Crippen LogP contribution in [0.25, 0.3) is 0 Å². The number of hydrogen-bond acceptors (Lipinski definition) is 3. The number of nitrogens with zero attached hydrogens (tertiary/aromatic N) is 1. The van der Waals surface area contributed by atoms with Gasteiger partial charge in [-0.25, -0.2) is 0 Å². The Labute approximate surface area is 184 Å². The van der Waals surface area contributed by atoms with Gasteiger partial charge in [-0.3, -0.25) is 14.4 Å². The Balaban J connectivity index is 1.66. The van der Waals surface area contributed by atoms with Crippen molar-refractivity contribution in [2.45, 2.75) is 40.5 Å². The van der Waals surface area contributed by atoms with E-state index in [0.717, 1.165) is 24.0 Å². The second-order valence-corrected chi connectivity index (χ2v) is 8.62. The molecule has 1 fully saturated rings. The molecule has 2 N–H and O–H groups in total. The highest BCUT2D eigenvalue weighted by molar-refractivity contribution is 5.97. The van der Waals surface area contributed by atoms with Crippen LogP contribution in [0.5, 0.6) is 0 Å². The van der Waals surface area contributed by atoms with Gasteiger partial charge in [0, 0.05) is 35.9 Å². The van der Waals surface area contributed by atoms with Crippen LogP contribution < -0.4 is 10.6 Å². The van der Waals surface area contributed by atoms with E-state index in [-0.39, 0.29) is 29.6 Å². The van der Waals surface area contributed by atoms with Crippen molar-refractivity contribution in [2.75, 3.05) is 23.7 Å². The van der Waals surface area contributed by atoms with Gasteiger partial charge >= 0.3 is 0 Å². The van der Waals surface area contributed by atoms with Crippen molar-refractivity contribution >= 4 is 29.1 Å². The normalized spacial score (nSPS) is 16.2. The third-order valence-corrected chi connectivity index (χ3v) is 5.67. The van der Waals surface area contributed by atoms with Gasteiger partial charge < -0.3 is 15.5 Å². The van der Waals surface area contributed by atoms with Gasteiger partial charge in [0.25, 0.3) is 5.91 Å². The summed E-state index contributed by atoms with van der Waals surface area (Å²) in [6, 6.07) is 13.0. The standard InChI is InChI=1S/C25H31N3O3/c1-16(2)23(29)26-21-12-9-18(4)22(14-21)27-24(30)20-6-5-13-28(15-20)25(31)19-10-7-17(3)8-11-19/h7-12,14,16,20H,5-6,13,15H2,1-4H3,(H,26,29)(H,27,30). The Morgan fingerprint density at radius 1 is 1.00 bits per heavy atom. The van der Waals surface area contributed by atoms with E-state index in [0.29, 0.717) is 30.0 Å². The van der Waals surface area contributed by atoms with E-state index in [4.69, 9.17) is 0 Å². The SMILES string of the molecule is Cc1ccc(C(=O)N2CCCC(C(=O)Nc3cc(NC(=O)C(C)C)ccc3C)C2)cc1. The third-order valence-electron chi connectivity index (χ3n) is 5.67. The molecule has 3 rings (SSSR count). The molecule has 6 nitrogen and oxygen atoms in total. The van der Waals surface area contributed by atoms with Crippen LogP contribution in [0.4, 0.5) is 11.4 Å². The first-order valence-electron chi connectivity index (χ1n) is 10.8. The van der Waals surface area contributed by atoms with Crippen LogP contribution in [0.1, 0.15) is 48.2 Å². The molecule has 1 aliphatic heterocycles. The highest BCUT2D eigenvalue weighted by Gasteiger charge is 2.29. The minimum atomic E-state index is -0.267. The molecule has 2 aromatic rings. The van der Waals surface area contributed by atoms with Crippen molar-refractivity contribution in [3.8, 4) is 0 Å². The molecule has 164 valence electrons. The van der Waals surface area contributed by atoms with Gasteiger partial charge in [-0.05, 0) is 56.5 Å². The van der Waals surface area contributed by atoms with Gasteiger partial charge in [-0.2, -0.15) is 0 Å². The largest absolute Gasteiger partial charge is 0.338 e. The van der Waals surface area contributed by atoms with Crippen LogP contribution in [-0.4, -0.2) is 35.7 Å². The summed E-state index contributed by atoms with van der Waals surface area (Å²) in [7, 11) is 0. The quantitative estimate of drug-likeness (QED) is 0.752. The molecule has 1 unspecified atom stereocenters. The molecular formula is C25H31N3O3. The number of anilines is 2. The van der Waals surface area contributed by atoms with Crippen molar-refractivity contribution in [3.63, 3.8) is 0 Å². The Bertz CT molecular complexity index is 966. The molecule has 1 saturated heterocycles. The van der Waals surface area contributed by atoms with Crippen molar-refractivity contribution < 1.29 is 14.4 Å². The highest BCUT2D eigenvalue weighted by atomic mass is 16.2. The first-order valence-corrected chi connectivity index (χ1v) is 10.8. The fourth-order valence-corrected chi connectivity index (χ4v) is 3.61. The lowest BCUT2D eigenvalue weighted by Gasteiger charge is -2.32. The zero-order valence-electron chi connectivity index (χ0n) is 18.7. The molecule has 6 heteroatoms. The van der Waals surface area contributed by atoms with Crippen LogP contribution >= 0.6 is 0 Å². The van der Waals surface area contributed by atoms with Gasteiger partial charge in [-0.15, -0.1) is 0 Å². The second-order valence-electron chi connectivity index (χ2n) is 8.62. The lowest BCUT2D eigenvalue weighted by atomic mass is 9.96. The molecule has 1 aliphatic rings. The van der Waals surface area contributed by atoms with E-state index in [9.17, 15) is 14.4 Å². The molecule has 31 heavy (non-hydrogen) atoms. The monoisotopic (exact) mass is 421 g/mol. The van der Waals surface area contributed by atoms with Crippen molar-refractivity contribution in [1.82, 2.24) is 4.90 Å². The van der Waals surface area contributed by atoms with Gasteiger partial charge in [0.05, 0.1) is 5.92 Å². The van der Waals surface area contributed by atoms with E-state index in [1.807, 2.05) is 64.1 Å². The second kappa shape index (κ2) is 9.77. The number of piperidine rings is 1. The Morgan fingerprint density at radius 2 is 1.71 bits per heavy atom. The minimum Gasteiger partial charge on any atom is -0.338 e. The molecule has 3 amide bonds. The predicted molar refractivity (Wildman–Crippen MR) is 123 cm³/mol. The maximum atomic E-state index is 13.0. The van der Waals surface area contributed by atoms with E-state index in [2.05, 4.69) is 10.6 Å². The van der Waals surface area contributed by atoms with Gasteiger partial charge in [0.2, 0.25) is 11.8 Å². The van der Waals surface area contributed by atoms with E-state index in [1.165, 1.54) is 0 Å². The fraction of sp³-hybridized carbons (Fsp3) is 0.400. The number of benzene rings is 2. The van der Waals surface area contributed by atoms with Gasteiger partial charge in [-0.1, -0.05) is 37.6 Å². The van der Waals surface area contributed by atoms with Crippen LogP contribution in [0.2, 0.25) is 0 Å². The molecule has 0 spiro atoms. The summed E-state index contributed by atoms with van der Waals surface area (Å²) < 4.78 is 0. The van der Waals surface area contributed by atoms with Crippen LogP contribution in [0, 0.1) is 25.7 Å². The van der Waals surface area contributed by atoms with Crippen molar-refractivity contribution in [2.24, 2.45) is 11.8 Å². The average Bonchev–Trinajstić information content (AvgIpc) is 2.76. The number of carbonyl (C=O) groups is 3. The molecular weight excluding hydrogens is 390 g/mol. The van der Waals surface area contributed by atoms with Gasteiger partial charge in [0.1, 0.15) is 0 Å². The smallest absolute Gasteiger partial charge is 0.253 e. The average molecular weight is 422 g/mol. The van der Waals surface area contributed by atoms with Crippen LogP contribution in [0.15, 0.2) is 42.5 Å². The number of aryl methyl sites for hydroxylation is 2. The number of rotatable bonds is 5. The Kier molecular flexibility index (Phi) is 7.10. The van der Waals surface area contributed by atoms with E-state index < -0.39 is 0 Å². The van der Waals surface area contributed by atoms with E-state index in [1.54, 1.807) is 11.0 Å². The molecule has 0 aliphatic carbocycles. The summed E-state index contributed by atoms with van der Waals surface area (Å²) in [6.07, 6.45) is 1.53. The predicted octanol–water partition coefficient (Wildman–Crippen LogP) is 4.39. The highest BCUT2D eigenvalue weighted by Crippen LogP contribution is 2.24. The first-order chi connectivity index (χ1) is 14.7. The van der Waals surface area contributed by atoms with Crippen molar-refractivity contribution in [3.05, 3.63) is 59.2 Å². The summed E-state index contributed by atoms with van der Waals surface area (Å²) in [4.78, 5) is 39.6. The maximum absolute atomic E-state index is 13.0. The zero-order chi connectivity index (χ0) is 22.5. The zero-order valence-corrected chi connectivity index (χ0v) is 18.7. The number of hydrogen-bond donors (Lipinski definition) is 2. The summed E-state index contributed by atoms with van der Waals surface area (Å²) >= 11 is 0. The molecule has 0 bridgehead atoms. The first kappa shape index (κ1) is 22.5. The van der Waals surface area contributed by atoms with Crippen LogP contribution in [0.3, 0.4) is 0 Å². The summed E-state index contributed by atoms with van der Waals surface area (Å²) in [6.45, 7) is 8.63. The number of carbonyl (C=O) groups excluding carboxylic acids is 3. The molecule has 0 saturated carbocycles. The Hall–Kier alpha value is -3.15. The molecule has 0 radical (unpaired) electrons. The third kappa shape index (κ3) is 5.72. The lowest BCUT2D eigenvalue weighted by Crippen LogP contribution is -2.43. The number of likely N-dealkylation sites (tertiary alicyclic amines) is 1.